The van der Waals surface area contributed by atoms with E-state index in [9.17, 15) is 4.79 Å². The number of rotatable bonds is 3. The van der Waals surface area contributed by atoms with E-state index < -0.39 is 0 Å². The number of carbonyl (C=O) groups is 1. The summed E-state index contributed by atoms with van der Waals surface area (Å²) >= 11 is 0. The molecule has 1 fully saturated rings. The molecule has 0 aliphatic heterocycles. The molecule has 1 aliphatic carbocycles. The third-order valence-corrected chi connectivity index (χ3v) is 2.67. The largest absolute Gasteiger partial charge is 0.353 e. The summed E-state index contributed by atoms with van der Waals surface area (Å²) in [7, 11) is 0. The second-order valence-electron chi connectivity index (χ2n) is 3.90. The summed E-state index contributed by atoms with van der Waals surface area (Å²) in [6.07, 6.45) is 5.64. The van der Waals surface area contributed by atoms with Gasteiger partial charge < -0.3 is 16.8 Å². The fraction of sp³-hybridized carbons (Fsp3) is 0.889. The van der Waals surface area contributed by atoms with Crippen molar-refractivity contribution in [1.29, 1.82) is 0 Å². The highest BCUT2D eigenvalue weighted by Crippen LogP contribution is 2.24. The van der Waals surface area contributed by atoms with E-state index in [1.807, 2.05) is 0 Å². The van der Waals surface area contributed by atoms with Crippen molar-refractivity contribution < 1.29 is 4.79 Å². The van der Waals surface area contributed by atoms with E-state index in [2.05, 4.69) is 5.32 Å². The van der Waals surface area contributed by atoms with Crippen LogP contribution in [0.1, 0.15) is 32.1 Å². The van der Waals surface area contributed by atoms with Crippen molar-refractivity contribution in [1.82, 2.24) is 5.32 Å². The molecular weight excluding hydrogens is 166 g/mol. The quantitative estimate of drug-likeness (QED) is 0.566. The lowest BCUT2D eigenvalue weighted by molar-refractivity contribution is -0.120. The van der Waals surface area contributed by atoms with Crippen molar-refractivity contribution >= 4 is 5.91 Å². The number of nitrogens with one attached hydrogen (secondary N) is 1. The van der Waals surface area contributed by atoms with Gasteiger partial charge in [0.15, 0.2) is 0 Å². The first-order valence-electron chi connectivity index (χ1n) is 4.92. The molecular formula is C9H19N3O. The molecule has 0 unspecified atom stereocenters. The Labute approximate surface area is 79.0 Å². The topological polar surface area (TPSA) is 81.1 Å². The Kier molecular flexibility index (Phi) is 3.69. The molecule has 1 rings (SSSR count). The van der Waals surface area contributed by atoms with Crippen LogP contribution in [0, 0.1) is 0 Å². The minimum atomic E-state index is -0.177. The van der Waals surface area contributed by atoms with Gasteiger partial charge in [-0.1, -0.05) is 19.3 Å². The Balaban J connectivity index is 2.28. The van der Waals surface area contributed by atoms with Crippen LogP contribution in [-0.2, 0) is 4.79 Å². The minimum Gasteiger partial charge on any atom is -0.353 e. The lowest BCUT2D eigenvalue weighted by atomic mass is 9.82. The molecule has 0 saturated heterocycles. The predicted molar refractivity (Wildman–Crippen MR) is 52.1 cm³/mol. The molecule has 0 heterocycles. The third kappa shape index (κ3) is 3.32. The summed E-state index contributed by atoms with van der Waals surface area (Å²) in [5.41, 5.74) is 11.1. The molecule has 1 amide bonds. The fourth-order valence-electron chi connectivity index (χ4n) is 1.78. The SMILES string of the molecule is NCC(=O)NCC1(N)CCCCC1. The highest BCUT2D eigenvalue weighted by atomic mass is 16.1. The van der Waals surface area contributed by atoms with Gasteiger partial charge >= 0.3 is 0 Å². The predicted octanol–water partition coefficient (Wildman–Crippen LogP) is -0.277. The van der Waals surface area contributed by atoms with Crippen LogP contribution in [0.2, 0.25) is 0 Å². The fourth-order valence-corrected chi connectivity index (χ4v) is 1.78. The van der Waals surface area contributed by atoms with Crippen molar-refractivity contribution in [3.63, 3.8) is 0 Å². The number of carbonyl (C=O) groups excluding carboxylic acids is 1. The molecule has 4 nitrogen and oxygen atoms in total. The van der Waals surface area contributed by atoms with Crippen molar-refractivity contribution in [2.45, 2.75) is 37.6 Å². The van der Waals surface area contributed by atoms with E-state index >= 15 is 0 Å². The van der Waals surface area contributed by atoms with Gasteiger partial charge in [0, 0.05) is 12.1 Å². The molecule has 0 aromatic carbocycles. The number of hydrogen-bond donors (Lipinski definition) is 3. The standard InChI is InChI=1S/C9H19N3O/c10-6-8(13)12-7-9(11)4-2-1-3-5-9/h1-7,10-11H2,(H,12,13). The van der Waals surface area contributed by atoms with Crippen LogP contribution in [0.15, 0.2) is 0 Å². The minimum absolute atomic E-state index is 0.0517. The summed E-state index contributed by atoms with van der Waals surface area (Å²) in [4.78, 5) is 10.9. The van der Waals surface area contributed by atoms with Gasteiger partial charge in [-0.25, -0.2) is 0 Å². The lowest BCUT2D eigenvalue weighted by Crippen LogP contribution is -2.52. The van der Waals surface area contributed by atoms with E-state index in [1.54, 1.807) is 0 Å². The number of hydrogen-bond acceptors (Lipinski definition) is 3. The van der Waals surface area contributed by atoms with Crippen molar-refractivity contribution in [2.75, 3.05) is 13.1 Å². The smallest absolute Gasteiger partial charge is 0.233 e. The van der Waals surface area contributed by atoms with Crippen LogP contribution >= 0.6 is 0 Å². The molecule has 1 saturated carbocycles. The Bertz CT molecular complexity index is 176. The zero-order chi connectivity index (χ0) is 9.73. The normalized spacial score (nSPS) is 21.1. The summed E-state index contributed by atoms with van der Waals surface area (Å²) in [6, 6.07) is 0. The Morgan fingerprint density at radius 3 is 2.46 bits per heavy atom. The first-order valence-corrected chi connectivity index (χ1v) is 4.92. The summed E-state index contributed by atoms with van der Waals surface area (Å²) in [6.45, 7) is 0.624. The molecule has 76 valence electrons. The van der Waals surface area contributed by atoms with Crippen LogP contribution in [0.25, 0.3) is 0 Å². The Hall–Kier alpha value is -0.610. The van der Waals surface area contributed by atoms with Crippen LogP contribution in [-0.4, -0.2) is 24.5 Å². The molecule has 0 radical (unpaired) electrons. The van der Waals surface area contributed by atoms with Gasteiger partial charge in [-0.05, 0) is 12.8 Å². The maximum atomic E-state index is 10.9. The van der Waals surface area contributed by atoms with Gasteiger partial charge in [0.1, 0.15) is 0 Å². The summed E-state index contributed by atoms with van der Waals surface area (Å²) in [5.74, 6) is -0.115. The monoisotopic (exact) mass is 185 g/mol. The van der Waals surface area contributed by atoms with Crippen LogP contribution in [0.4, 0.5) is 0 Å². The van der Waals surface area contributed by atoms with Gasteiger partial charge in [0.25, 0.3) is 0 Å². The average molecular weight is 185 g/mol. The first kappa shape index (κ1) is 10.5. The average Bonchev–Trinajstić information content (AvgIpc) is 2.15. The van der Waals surface area contributed by atoms with Crippen molar-refractivity contribution in [3.8, 4) is 0 Å². The number of nitrogens with two attached hydrogens (primary N) is 2. The second-order valence-corrected chi connectivity index (χ2v) is 3.90. The summed E-state index contributed by atoms with van der Waals surface area (Å²) in [5, 5.41) is 2.75. The second kappa shape index (κ2) is 4.58. The van der Waals surface area contributed by atoms with E-state index in [-0.39, 0.29) is 18.0 Å². The molecule has 1 aliphatic rings. The Morgan fingerprint density at radius 2 is 1.92 bits per heavy atom. The zero-order valence-electron chi connectivity index (χ0n) is 8.01. The van der Waals surface area contributed by atoms with Crippen LogP contribution in [0.5, 0.6) is 0 Å². The van der Waals surface area contributed by atoms with Crippen LogP contribution in [0.3, 0.4) is 0 Å². The van der Waals surface area contributed by atoms with Crippen LogP contribution < -0.4 is 16.8 Å². The number of amides is 1. The van der Waals surface area contributed by atoms with E-state index in [1.165, 1.54) is 19.3 Å². The van der Waals surface area contributed by atoms with Crippen molar-refractivity contribution in [3.05, 3.63) is 0 Å². The molecule has 0 aromatic heterocycles. The molecule has 4 heteroatoms. The highest BCUT2D eigenvalue weighted by Gasteiger charge is 2.27. The van der Waals surface area contributed by atoms with Gasteiger partial charge in [-0.3, -0.25) is 4.79 Å². The summed E-state index contributed by atoms with van der Waals surface area (Å²) < 4.78 is 0. The van der Waals surface area contributed by atoms with Gasteiger partial charge in [-0.15, -0.1) is 0 Å². The van der Waals surface area contributed by atoms with Gasteiger partial charge in [0.2, 0.25) is 5.91 Å². The first-order chi connectivity index (χ1) is 6.16. The molecule has 0 bridgehead atoms. The Morgan fingerprint density at radius 1 is 1.31 bits per heavy atom. The van der Waals surface area contributed by atoms with Gasteiger partial charge in [0.05, 0.1) is 6.54 Å². The maximum Gasteiger partial charge on any atom is 0.233 e. The lowest BCUT2D eigenvalue weighted by Gasteiger charge is -2.33. The van der Waals surface area contributed by atoms with Gasteiger partial charge in [-0.2, -0.15) is 0 Å². The maximum absolute atomic E-state index is 10.9. The highest BCUT2D eigenvalue weighted by molar-refractivity contribution is 5.77. The molecule has 0 spiro atoms. The zero-order valence-corrected chi connectivity index (χ0v) is 8.01. The van der Waals surface area contributed by atoms with E-state index in [0.29, 0.717) is 6.54 Å². The van der Waals surface area contributed by atoms with Crippen molar-refractivity contribution in [2.24, 2.45) is 11.5 Å². The third-order valence-electron chi connectivity index (χ3n) is 2.67. The molecule has 0 aromatic rings. The molecule has 0 atom stereocenters. The molecule has 13 heavy (non-hydrogen) atoms. The van der Waals surface area contributed by atoms with E-state index in [0.717, 1.165) is 12.8 Å². The molecule has 5 N–H and O–H groups in total. The van der Waals surface area contributed by atoms with E-state index in [4.69, 9.17) is 11.5 Å².